The Morgan fingerprint density at radius 1 is 1.45 bits per heavy atom. The number of nitrogens with zero attached hydrogens (tertiary/aromatic N) is 4. The number of nitrogens with one attached hydrogen (secondary N) is 1. The van der Waals surface area contributed by atoms with Gasteiger partial charge in [0, 0.05) is 11.1 Å². The lowest BCUT2D eigenvalue weighted by Gasteiger charge is -2.15. The van der Waals surface area contributed by atoms with Crippen molar-refractivity contribution in [3.05, 3.63) is 28.5 Å². The molecular formula is C13H18ClN5O. The van der Waals surface area contributed by atoms with Crippen LogP contribution in [0.4, 0.5) is 0 Å². The summed E-state index contributed by atoms with van der Waals surface area (Å²) in [4.78, 5) is 0. The van der Waals surface area contributed by atoms with Crippen LogP contribution in [0.25, 0.3) is 5.69 Å². The largest absolute Gasteiger partial charge is 0.494 e. The lowest BCUT2D eigenvalue weighted by atomic mass is 10.2. The van der Waals surface area contributed by atoms with Gasteiger partial charge >= 0.3 is 0 Å². The number of ether oxygens (including phenoxy) is 1. The summed E-state index contributed by atoms with van der Waals surface area (Å²) in [5, 5.41) is 15.9. The van der Waals surface area contributed by atoms with Crippen molar-refractivity contribution in [2.24, 2.45) is 0 Å². The van der Waals surface area contributed by atoms with E-state index in [0.717, 1.165) is 23.6 Å². The predicted molar refractivity (Wildman–Crippen MR) is 77.5 cm³/mol. The van der Waals surface area contributed by atoms with Gasteiger partial charge < -0.3 is 10.1 Å². The summed E-state index contributed by atoms with van der Waals surface area (Å²) >= 11 is 6.12. The monoisotopic (exact) mass is 295 g/mol. The molecule has 0 bridgehead atoms. The van der Waals surface area contributed by atoms with Crippen LogP contribution in [0.2, 0.25) is 5.02 Å². The molecule has 0 saturated carbocycles. The number of methoxy groups -OCH3 is 1. The van der Waals surface area contributed by atoms with Crippen molar-refractivity contribution >= 4 is 11.6 Å². The fourth-order valence-corrected chi connectivity index (χ4v) is 2.16. The molecule has 1 N–H and O–H groups in total. The second-order valence-corrected chi connectivity index (χ2v) is 4.91. The molecule has 20 heavy (non-hydrogen) atoms. The third-order valence-corrected chi connectivity index (χ3v) is 3.49. The average molecular weight is 296 g/mol. The third kappa shape index (κ3) is 2.76. The Hall–Kier alpha value is -1.66. The number of benzene rings is 1. The molecule has 0 aliphatic rings. The van der Waals surface area contributed by atoms with Crippen molar-refractivity contribution < 1.29 is 4.74 Å². The van der Waals surface area contributed by atoms with E-state index in [0.29, 0.717) is 10.8 Å². The molecule has 0 amide bonds. The highest BCUT2D eigenvalue weighted by atomic mass is 35.5. The second kappa shape index (κ2) is 6.19. The first-order chi connectivity index (χ1) is 9.58. The van der Waals surface area contributed by atoms with E-state index in [4.69, 9.17) is 16.3 Å². The van der Waals surface area contributed by atoms with E-state index in [9.17, 15) is 0 Å². The lowest BCUT2D eigenvalue weighted by molar-refractivity contribution is 0.410. The molecule has 1 atom stereocenters. The maximum Gasteiger partial charge on any atom is 0.173 e. The second-order valence-electron chi connectivity index (χ2n) is 4.50. The molecule has 2 aromatic rings. The van der Waals surface area contributed by atoms with Crippen molar-refractivity contribution in [1.29, 1.82) is 0 Å². The molecule has 0 fully saturated rings. The van der Waals surface area contributed by atoms with Gasteiger partial charge in [0.15, 0.2) is 5.82 Å². The summed E-state index contributed by atoms with van der Waals surface area (Å²) in [5.74, 6) is 1.37. The van der Waals surface area contributed by atoms with E-state index >= 15 is 0 Å². The minimum Gasteiger partial charge on any atom is -0.494 e. The molecule has 1 heterocycles. The first-order valence-electron chi connectivity index (χ1n) is 6.44. The van der Waals surface area contributed by atoms with Crippen molar-refractivity contribution in [3.63, 3.8) is 0 Å². The Bertz CT molecular complexity index is 598. The van der Waals surface area contributed by atoms with Gasteiger partial charge in [-0.1, -0.05) is 18.5 Å². The van der Waals surface area contributed by atoms with Crippen molar-refractivity contribution in [2.45, 2.75) is 26.8 Å². The number of hydrogen-bond acceptors (Lipinski definition) is 5. The third-order valence-electron chi connectivity index (χ3n) is 3.08. The summed E-state index contributed by atoms with van der Waals surface area (Å²) in [6.07, 6.45) is 0. The SMILES string of the molecule is CCNC(C)c1nnnn1-c1cc(C)c(Cl)cc1OC. The topological polar surface area (TPSA) is 64.9 Å². The van der Waals surface area contributed by atoms with Crippen LogP contribution in [0.5, 0.6) is 5.75 Å². The van der Waals surface area contributed by atoms with Gasteiger partial charge in [0.1, 0.15) is 11.4 Å². The average Bonchev–Trinajstić information content (AvgIpc) is 2.90. The number of aryl methyl sites for hydroxylation is 1. The maximum atomic E-state index is 6.12. The quantitative estimate of drug-likeness (QED) is 0.917. The molecule has 1 aromatic carbocycles. The smallest absolute Gasteiger partial charge is 0.173 e. The van der Waals surface area contributed by atoms with E-state index in [2.05, 4.69) is 20.8 Å². The Labute approximate surface area is 123 Å². The Morgan fingerprint density at radius 3 is 2.85 bits per heavy atom. The number of rotatable bonds is 5. The fraction of sp³-hybridized carbons (Fsp3) is 0.462. The molecule has 7 heteroatoms. The van der Waals surface area contributed by atoms with Gasteiger partial charge in [-0.05, 0) is 42.4 Å². The van der Waals surface area contributed by atoms with Crippen LogP contribution in [0.1, 0.15) is 31.3 Å². The molecule has 0 aliphatic heterocycles. The molecule has 1 aromatic heterocycles. The molecule has 2 rings (SSSR count). The molecule has 0 radical (unpaired) electrons. The van der Waals surface area contributed by atoms with Crippen LogP contribution in [-0.4, -0.2) is 33.9 Å². The van der Waals surface area contributed by atoms with Crippen LogP contribution in [-0.2, 0) is 0 Å². The van der Waals surface area contributed by atoms with Gasteiger partial charge in [0.05, 0.1) is 13.2 Å². The lowest BCUT2D eigenvalue weighted by Crippen LogP contribution is -2.21. The standard InChI is InChI=1S/C13H18ClN5O/c1-5-15-9(3)13-16-17-18-19(13)11-6-8(2)10(14)7-12(11)20-4/h6-7,9,15H,5H2,1-4H3. The van der Waals surface area contributed by atoms with E-state index < -0.39 is 0 Å². The number of halogens is 1. The van der Waals surface area contributed by atoms with Gasteiger partial charge in [0.25, 0.3) is 0 Å². The Kier molecular flexibility index (Phi) is 4.57. The van der Waals surface area contributed by atoms with Gasteiger partial charge in [-0.25, -0.2) is 0 Å². The highest BCUT2D eigenvalue weighted by Crippen LogP contribution is 2.30. The van der Waals surface area contributed by atoms with Gasteiger partial charge in [-0.3, -0.25) is 0 Å². The van der Waals surface area contributed by atoms with E-state index in [1.165, 1.54) is 0 Å². The van der Waals surface area contributed by atoms with E-state index in [-0.39, 0.29) is 6.04 Å². The van der Waals surface area contributed by atoms with Crippen molar-refractivity contribution in [1.82, 2.24) is 25.5 Å². The molecule has 0 spiro atoms. The predicted octanol–water partition coefficient (Wildman–Crippen LogP) is 2.30. The van der Waals surface area contributed by atoms with Crippen LogP contribution in [0.15, 0.2) is 12.1 Å². The van der Waals surface area contributed by atoms with Gasteiger partial charge in [-0.15, -0.1) is 5.10 Å². The highest BCUT2D eigenvalue weighted by Gasteiger charge is 2.18. The number of hydrogen-bond donors (Lipinski definition) is 1. The zero-order valence-electron chi connectivity index (χ0n) is 12.0. The molecular weight excluding hydrogens is 278 g/mol. The van der Waals surface area contributed by atoms with E-state index in [1.54, 1.807) is 17.9 Å². The Morgan fingerprint density at radius 2 is 2.20 bits per heavy atom. The molecule has 1 unspecified atom stereocenters. The summed E-state index contributed by atoms with van der Waals surface area (Å²) in [7, 11) is 1.60. The minimum atomic E-state index is 0.0377. The zero-order chi connectivity index (χ0) is 14.7. The maximum absolute atomic E-state index is 6.12. The fourth-order valence-electron chi connectivity index (χ4n) is 2.01. The van der Waals surface area contributed by atoms with Gasteiger partial charge in [-0.2, -0.15) is 4.68 Å². The number of tetrazole rings is 1. The van der Waals surface area contributed by atoms with Crippen molar-refractivity contribution in [2.75, 3.05) is 13.7 Å². The van der Waals surface area contributed by atoms with Crippen LogP contribution < -0.4 is 10.1 Å². The summed E-state index contributed by atoms with van der Waals surface area (Å²) in [6, 6.07) is 3.73. The first kappa shape index (κ1) is 14.7. The zero-order valence-corrected chi connectivity index (χ0v) is 12.8. The molecule has 0 saturated heterocycles. The van der Waals surface area contributed by atoms with E-state index in [1.807, 2.05) is 26.8 Å². The minimum absolute atomic E-state index is 0.0377. The number of aromatic nitrogens is 4. The highest BCUT2D eigenvalue weighted by molar-refractivity contribution is 6.31. The Balaban J connectivity index is 2.52. The molecule has 108 valence electrons. The summed E-state index contributed by atoms with van der Waals surface area (Å²) < 4.78 is 7.05. The first-order valence-corrected chi connectivity index (χ1v) is 6.82. The summed E-state index contributed by atoms with van der Waals surface area (Å²) in [6.45, 7) is 6.83. The van der Waals surface area contributed by atoms with Crippen LogP contribution in [0.3, 0.4) is 0 Å². The normalized spacial score (nSPS) is 12.4. The van der Waals surface area contributed by atoms with Gasteiger partial charge in [0.2, 0.25) is 0 Å². The molecule has 0 aliphatic carbocycles. The van der Waals surface area contributed by atoms with Crippen LogP contribution in [0, 0.1) is 6.92 Å². The van der Waals surface area contributed by atoms with Crippen molar-refractivity contribution in [3.8, 4) is 11.4 Å². The molecule has 6 nitrogen and oxygen atoms in total. The van der Waals surface area contributed by atoms with Crippen LogP contribution >= 0.6 is 11.6 Å². The summed E-state index contributed by atoms with van der Waals surface area (Å²) in [5.41, 5.74) is 1.72.